The molecule has 0 bridgehead atoms. The van der Waals surface area contributed by atoms with Crippen LogP contribution in [0.1, 0.15) is 23.1 Å². The number of nitrogens with zero attached hydrogens (tertiary/aromatic N) is 1. The minimum atomic E-state index is -4.46. The fourth-order valence-corrected chi connectivity index (χ4v) is 4.88. The molecule has 166 valence electrons. The van der Waals surface area contributed by atoms with Crippen LogP contribution in [0.25, 0.3) is 0 Å². The van der Waals surface area contributed by atoms with Gasteiger partial charge < -0.3 is 23.8 Å². The van der Waals surface area contributed by atoms with Crippen molar-refractivity contribution in [1.82, 2.24) is 0 Å². The first-order valence-corrected chi connectivity index (χ1v) is 10.3. The number of amides is 1. The van der Waals surface area contributed by atoms with E-state index in [1.165, 1.54) is 11.0 Å². The molecule has 0 aliphatic carbocycles. The van der Waals surface area contributed by atoms with E-state index in [2.05, 4.69) is 0 Å². The Morgan fingerprint density at radius 3 is 2.78 bits per heavy atom. The second kappa shape index (κ2) is 6.65. The van der Waals surface area contributed by atoms with Gasteiger partial charge in [0, 0.05) is 17.5 Å². The fraction of sp³-hybridized carbons (Fsp3) is 0.348. The summed E-state index contributed by atoms with van der Waals surface area (Å²) >= 11 is 0. The summed E-state index contributed by atoms with van der Waals surface area (Å²) in [4.78, 5) is 15.3. The topological polar surface area (TPSA) is 57.2 Å². The van der Waals surface area contributed by atoms with E-state index in [1.54, 1.807) is 24.3 Å². The van der Waals surface area contributed by atoms with E-state index in [9.17, 15) is 18.0 Å². The maximum atomic E-state index is 13.9. The summed E-state index contributed by atoms with van der Waals surface area (Å²) in [6.07, 6.45) is -4.58. The predicted molar refractivity (Wildman–Crippen MR) is 105 cm³/mol. The third-order valence-corrected chi connectivity index (χ3v) is 6.32. The highest BCUT2D eigenvalue weighted by Crippen LogP contribution is 2.52. The highest BCUT2D eigenvalue weighted by atomic mass is 19.4. The molecule has 0 saturated carbocycles. The van der Waals surface area contributed by atoms with Gasteiger partial charge in [-0.3, -0.25) is 4.79 Å². The van der Waals surface area contributed by atoms with Gasteiger partial charge in [-0.1, -0.05) is 18.2 Å². The monoisotopic (exact) mass is 445 g/mol. The van der Waals surface area contributed by atoms with Gasteiger partial charge in [0.05, 0.1) is 18.8 Å². The molecule has 4 aliphatic heterocycles. The number of rotatable bonds is 3. The lowest BCUT2D eigenvalue weighted by molar-refractivity contribution is -0.202. The zero-order chi connectivity index (χ0) is 22.1. The van der Waals surface area contributed by atoms with Crippen molar-refractivity contribution in [2.24, 2.45) is 0 Å². The molecule has 0 spiro atoms. The summed E-state index contributed by atoms with van der Waals surface area (Å²) in [7, 11) is 0. The number of anilines is 1. The van der Waals surface area contributed by atoms with E-state index in [1.807, 2.05) is 12.1 Å². The Kier molecular flexibility index (Phi) is 4.05. The Morgan fingerprint density at radius 2 is 1.97 bits per heavy atom. The van der Waals surface area contributed by atoms with Crippen LogP contribution in [0.4, 0.5) is 18.9 Å². The zero-order valence-electron chi connectivity index (χ0n) is 16.8. The Balaban J connectivity index is 1.42. The van der Waals surface area contributed by atoms with Gasteiger partial charge in [-0.25, -0.2) is 0 Å². The van der Waals surface area contributed by atoms with E-state index in [0.29, 0.717) is 35.8 Å². The van der Waals surface area contributed by atoms with E-state index in [-0.39, 0.29) is 31.4 Å². The van der Waals surface area contributed by atoms with Crippen molar-refractivity contribution in [2.45, 2.75) is 30.7 Å². The summed E-state index contributed by atoms with van der Waals surface area (Å²) in [5, 5.41) is 0. The molecule has 6 nitrogen and oxygen atoms in total. The molecular weight excluding hydrogens is 427 g/mol. The number of hydrogen-bond acceptors (Lipinski definition) is 5. The van der Waals surface area contributed by atoms with E-state index >= 15 is 0 Å². The zero-order valence-corrected chi connectivity index (χ0v) is 16.8. The molecule has 0 N–H and O–H groups in total. The summed E-state index contributed by atoms with van der Waals surface area (Å²) in [5.74, 6) is 0.863. The van der Waals surface area contributed by atoms with Crippen LogP contribution in [0.3, 0.4) is 0 Å². The third kappa shape index (κ3) is 2.67. The highest BCUT2D eigenvalue weighted by Gasteiger charge is 2.57. The van der Waals surface area contributed by atoms with Crippen LogP contribution in [0.15, 0.2) is 48.2 Å². The molecule has 2 unspecified atom stereocenters. The van der Waals surface area contributed by atoms with Crippen molar-refractivity contribution in [2.75, 3.05) is 24.8 Å². The number of benzene rings is 2. The molecule has 1 amide bonds. The van der Waals surface area contributed by atoms with Crippen LogP contribution >= 0.6 is 0 Å². The number of carbonyl (C=O) groups excluding carboxylic acids is 1. The molecule has 0 aromatic heterocycles. The first kappa shape index (κ1) is 19.5. The van der Waals surface area contributed by atoms with Gasteiger partial charge in [0.25, 0.3) is 5.91 Å². The molecule has 0 saturated heterocycles. The molecule has 2 aromatic rings. The number of fused-ring (bicyclic) bond motifs is 1. The Labute approximate surface area is 181 Å². The van der Waals surface area contributed by atoms with Gasteiger partial charge >= 0.3 is 6.18 Å². The second-order valence-electron chi connectivity index (χ2n) is 8.10. The maximum Gasteiger partial charge on any atom is 0.425 e. The average molecular weight is 445 g/mol. The average Bonchev–Trinajstić information content (AvgIpc) is 3.49. The fourth-order valence-electron chi connectivity index (χ4n) is 4.88. The minimum absolute atomic E-state index is 0.0976. The molecule has 2 aromatic carbocycles. The first-order chi connectivity index (χ1) is 15.4. The van der Waals surface area contributed by atoms with Crippen LogP contribution in [0.5, 0.6) is 11.5 Å². The van der Waals surface area contributed by atoms with Crippen LogP contribution in [-0.4, -0.2) is 38.1 Å². The van der Waals surface area contributed by atoms with Crippen LogP contribution < -0.4 is 14.4 Å². The van der Waals surface area contributed by atoms with E-state index in [0.717, 1.165) is 11.1 Å². The largest absolute Gasteiger partial charge is 0.483 e. The Hall–Kier alpha value is -3.20. The molecule has 0 radical (unpaired) electrons. The lowest BCUT2D eigenvalue weighted by Gasteiger charge is -2.34. The molecule has 2 atom stereocenters. The van der Waals surface area contributed by atoms with Crippen LogP contribution in [0, 0.1) is 0 Å². The molecule has 0 fully saturated rings. The van der Waals surface area contributed by atoms with Gasteiger partial charge in [0.2, 0.25) is 6.79 Å². The second-order valence-corrected chi connectivity index (χ2v) is 8.10. The Morgan fingerprint density at radius 1 is 1.12 bits per heavy atom. The highest BCUT2D eigenvalue weighted by molar-refractivity contribution is 6.10. The number of carbonyl (C=O) groups is 1. The van der Waals surface area contributed by atoms with E-state index in [4.69, 9.17) is 18.9 Å². The van der Waals surface area contributed by atoms with Gasteiger partial charge in [0.1, 0.15) is 5.76 Å². The summed E-state index contributed by atoms with van der Waals surface area (Å²) in [5.41, 5.74) is 1.51. The normalized spacial score (nSPS) is 25.6. The number of alkyl halides is 3. The number of hydrogen-bond donors (Lipinski definition) is 0. The van der Waals surface area contributed by atoms with E-state index < -0.39 is 17.9 Å². The lowest BCUT2D eigenvalue weighted by Crippen LogP contribution is -2.46. The summed E-state index contributed by atoms with van der Waals surface area (Å²) in [6, 6.07) is 10.8. The van der Waals surface area contributed by atoms with Gasteiger partial charge in [0.15, 0.2) is 23.2 Å². The van der Waals surface area contributed by atoms with Crippen molar-refractivity contribution in [3.8, 4) is 11.5 Å². The smallest absolute Gasteiger partial charge is 0.425 e. The molecule has 9 heteroatoms. The summed E-state index contributed by atoms with van der Waals surface area (Å²) in [6.45, 7) is 0.331. The third-order valence-electron chi connectivity index (χ3n) is 6.32. The van der Waals surface area contributed by atoms with Crippen molar-refractivity contribution >= 4 is 11.6 Å². The SMILES string of the molecule is O=C1N(CC2=CCC(C(F)(F)F)O2)c2cccc3c2C1(c1ccc2c(c1)OCO2)OCC3. The standard InChI is InChI=1S/C23H18F3NO5/c24-23(25,26)19-7-5-15(32-19)11-27-16-3-1-2-13-8-9-31-22(20(13)16,21(27)28)14-4-6-17-18(10-14)30-12-29-17/h1-6,10,19H,7-9,11-12H2. The number of ether oxygens (including phenoxy) is 4. The molecule has 32 heavy (non-hydrogen) atoms. The molecule has 4 aliphatic rings. The van der Waals surface area contributed by atoms with Crippen LogP contribution in [-0.2, 0) is 26.3 Å². The molecule has 4 heterocycles. The van der Waals surface area contributed by atoms with Gasteiger partial charge in [-0.2, -0.15) is 13.2 Å². The molecule has 6 rings (SSSR count). The summed E-state index contributed by atoms with van der Waals surface area (Å²) < 4.78 is 61.4. The quantitative estimate of drug-likeness (QED) is 0.719. The minimum Gasteiger partial charge on any atom is -0.483 e. The predicted octanol–water partition coefficient (Wildman–Crippen LogP) is 3.81. The van der Waals surface area contributed by atoms with Crippen LogP contribution in [0.2, 0.25) is 0 Å². The van der Waals surface area contributed by atoms with Crippen molar-refractivity contribution in [3.05, 3.63) is 64.9 Å². The van der Waals surface area contributed by atoms with Gasteiger partial charge in [-0.05, 0) is 36.3 Å². The maximum absolute atomic E-state index is 13.9. The lowest BCUT2D eigenvalue weighted by atomic mass is 9.82. The van der Waals surface area contributed by atoms with Crippen molar-refractivity contribution in [1.29, 1.82) is 0 Å². The van der Waals surface area contributed by atoms with Crippen molar-refractivity contribution in [3.63, 3.8) is 0 Å². The number of halogens is 3. The Bertz CT molecular complexity index is 1160. The van der Waals surface area contributed by atoms with Gasteiger partial charge in [-0.15, -0.1) is 0 Å². The van der Waals surface area contributed by atoms with Crippen molar-refractivity contribution < 1.29 is 36.9 Å². The molecular formula is C23H18F3NO5. The first-order valence-electron chi connectivity index (χ1n) is 10.3.